The van der Waals surface area contributed by atoms with Gasteiger partial charge >= 0.3 is 5.97 Å². The summed E-state index contributed by atoms with van der Waals surface area (Å²) in [5.74, 6) is -1.14. The van der Waals surface area contributed by atoms with Crippen molar-refractivity contribution < 1.29 is 24.9 Å². The third-order valence-corrected chi connectivity index (χ3v) is 3.65. The van der Waals surface area contributed by atoms with E-state index in [2.05, 4.69) is 0 Å². The van der Waals surface area contributed by atoms with E-state index in [1.165, 1.54) is 0 Å². The van der Waals surface area contributed by atoms with Crippen LogP contribution in [0.4, 0.5) is 0 Å². The van der Waals surface area contributed by atoms with E-state index < -0.39 is 36.3 Å². The van der Waals surface area contributed by atoms with Gasteiger partial charge in [0.05, 0.1) is 24.2 Å². The van der Waals surface area contributed by atoms with Crippen molar-refractivity contribution in [2.24, 2.45) is 5.92 Å². The van der Waals surface area contributed by atoms with Gasteiger partial charge in [-0.2, -0.15) is 0 Å². The Labute approximate surface area is 120 Å². The lowest BCUT2D eigenvalue weighted by atomic mass is 9.98. The number of aliphatic hydroxyl groups is 3. The summed E-state index contributed by atoms with van der Waals surface area (Å²) in [6.45, 7) is 3.32. The first-order valence-corrected chi connectivity index (χ1v) is 7.33. The van der Waals surface area contributed by atoms with E-state index in [9.17, 15) is 20.1 Å². The van der Waals surface area contributed by atoms with Gasteiger partial charge in [-0.25, -0.2) is 0 Å². The van der Waals surface area contributed by atoms with E-state index in [0.717, 1.165) is 0 Å². The lowest BCUT2D eigenvalue weighted by molar-refractivity contribution is -0.163. The Morgan fingerprint density at radius 2 is 2.15 bits per heavy atom. The van der Waals surface area contributed by atoms with Gasteiger partial charge in [0.1, 0.15) is 6.10 Å². The fourth-order valence-corrected chi connectivity index (χ4v) is 2.20. The lowest BCUT2D eigenvalue weighted by Crippen LogP contribution is -2.36. The number of esters is 1. The maximum absolute atomic E-state index is 11.9. The van der Waals surface area contributed by atoms with Crippen LogP contribution in [0, 0.1) is 5.92 Å². The lowest BCUT2D eigenvalue weighted by Gasteiger charge is -2.26. The second-order valence-electron chi connectivity index (χ2n) is 5.61. The van der Waals surface area contributed by atoms with Crippen LogP contribution < -0.4 is 0 Å². The van der Waals surface area contributed by atoms with Crippen LogP contribution in [0.15, 0.2) is 12.2 Å². The minimum Gasteiger partial charge on any atom is -0.459 e. The first-order chi connectivity index (χ1) is 9.41. The Hall–Kier alpha value is -0.910. The van der Waals surface area contributed by atoms with E-state index in [0.29, 0.717) is 32.1 Å². The molecule has 3 N–H and O–H groups in total. The summed E-state index contributed by atoms with van der Waals surface area (Å²) in [4.78, 5) is 11.9. The molecule has 0 spiro atoms. The van der Waals surface area contributed by atoms with Crippen molar-refractivity contribution in [3.8, 4) is 0 Å². The molecular weight excluding hydrogens is 260 g/mol. The SMILES string of the molecule is C[C@H](O)CCC[C@H]1OC(=O)[C@H](C)[C@H](O)C=CCC[C@@H]1O. The highest BCUT2D eigenvalue weighted by atomic mass is 16.6. The summed E-state index contributed by atoms with van der Waals surface area (Å²) in [6.07, 6.45) is 3.77. The Balaban J connectivity index is 2.65. The van der Waals surface area contributed by atoms with Crippen molar-refractivity contribution >= 4 is 5.97 Å². The molecule has 0 radical (unpaired) electrons. The van der Waals surface area contributed by atoms with Crippen LogP contribution in [0.1, 0.15) is 46.0 Å². The van der Waals surface area contributed by atoms with E-state index in [1.807, 2.05) is 0 Å². The van der Waals surface area contributed by atoms with Gasteiger partial charge in [0, 0.05) is 0 Å². The first kappa shape index (κ1) is 17.1. The van der Waals surface area contributed by atoms with Crippen LogP contribution >= 0.6 is 0 Å². The molecule has 20 heavy (non-hydrogen) atoms. The van der Waals surface area contributed by atoms with Gasteiger partial charge in [-0.15, -0.1) is 0 Å². The molecule has 116 valence electrons. The van der Waals surface area contributed by atoms with Crippen LogP contribution in [-0.4, -0.2) is 45.7 Å². The molecule has 1 aliphatic heterocycles. The molecule has 0 amide bonds. The molecule has 5 nitrogen and oxygen atoms in total. The zero-order chi connectivity index (χ0) is 15.1. The number of cyclic esters (lactones) is 1. The predicted molar refractivity (Wildman–Crippen MR) is 75.0 cm³/mol. The fourth-order valence-electron chi connectivity index (χ4n) is 2.20. The molecule has 0 aliphatic carbocycles. The quantitative estimate of drug-likeness (QED) is 0.533. The number of hydrogen-bond acceptors (Lipinski definition) is 5. The van der Waals surface area contributed by atoms with Crippen molar-refractivity contribution in [3.63, 3.8) is 0 Å². The highest BCUT2D eigenvalue weighted by Gasteiger charge is 2.29. The Morgan fingerprint density at radius 1 is 1.45 bits per heavy atom. The highest BCUT2D eigenvalue weighted by Crippen LogP contribution is 2.19. The standard InChI is InChI=1S/C15H26O5/c1-10(16)6-5-9-14-13(18)8-4-3-7-12(17)11(2)15(19)20-14/h3,7,10-14,16-18H,4-6,8-9H2,1-2H3/t10-,11+,12+,13-,14+/m0/s1. The summed E-state index contributed by atoms with van der Waals surface area (Å²) in [7, 11) is 0. The van der Waals surface area contributed by atoms with Crippen molar-refractivity contribution in [3.05, 3.63) is 12.2 Å². The van der Waals surface area contributed by atoms with Gasteiger partial charge in [0.25, 0.3) is 0 Å². The topological polar surface area (TPSA) is 87.0 Å². The molecule has 1 heterocycles. The van der Waals surface area contributed by atoms with Crippen molar-refractivity contribution in [2.75, 3.05) is 0 Å². The first-order valence-electron chi connectivity index (χ1n) is 7.33. The smallest absolute Gasteiger partial charge is 0.311 e. The predicted octanol–water partition coefficient (Wildman–Crippen LogP) is 1.16. The van der Waals surface area contributed by atoms with Crippen molar-refractivity contribution in [1.29, 1.82) is 0 Å². The summed E-state index contributed by atoms with van der Waals surface area (Å²) in [6, 6.07) is 0. The van der Waals surface area contributed by atoms with E-state index in [4.69, 9.17) is 4.74 Å². The Bertz CT molecular complexity index is 326. The summed E-state index contributed by atoms with van der Waals surface area (Å²) in [5, 5.41) is 29.1. The second kappa shape index (κ2) is 8.39. The molecule has 0 saturated heterocycles. The van der Waals surface area contributed by atoms with Gasteiger partial charge < -0.3 is 20.1 Å². The van der Waals surface area contributed by atoms with E-state index in [1.54, 1.807) is 26.0 Å². The van der Waals surface area contributed by atoms with Crippen molar-refractivity contribution in [2.45, 2.75) is 70.4 Å². The van der Waals surface area contributed by atoms with Crippen molar-refractivity contribution in [1.82, 2.24) is 0 Å². The minimum absolute atomic E-state index is 0.397. The van der Waals surface area contributed by atoms with Crippen LogP contribution in [0.3, 0.4) is 0 Å². The molecule has 5 heteroatoms. The zero-order valence-electron chi connectivity index (χ0n) is 12.2. The average Bonchev–Trinajstić information content (AvgIpc) is 2.39. The molecule has 0 aromatic carbocycles. The summed E-state index contributed by atoms with van der Waals surface area (Å²) >= 11 is 0. The summed E-state index contributed by atoms with van der Waals surface area (Å²) < 4.78 is 5.34. The molecule has 0 aromatic rings. The molecule has 0 fully saturated rings. The third-order valence-electron chi connectivity index (χ3n) is 3.65. The van der Waals surface area contributed by atoms with Crippen LogP contribution in [0.2, 0.25) is 0 Å². The van der Waals surface area contributed by atoms with Crippen LogP contribution in [-0.2, 0) is 9.53 Å². The molecule has 1 rings (SSSR count). The Morgan fingerprint density at radius 3 is 2.80 bits per heavy atom. The van der Waals surface area contributed by atoms with E-state index >= 15 is 0 Å². The normalized spacial score (nSPS) is 33.5. The van der Waals surface area contributed by atoms with E-state index in [-0.39, 0.29) is 0 Å². The maximum Gasteiger partial charge on any atom is 0.311 e. The number of allylic oxidation sites excluding steroid dienone is 1. The third kappa shape index (κ3) is 5.61. The van der Waals surface area contributed by atoms with Gasteiger partial charge in [0.15, 0.2) is 0 Å². The maximum atomic E-state index is 11.9. The van der Waals surface area contributed by atoms with Gasteiger partial charge in [-0.05, 0) is 46.0 Å². The fraction of sp³-hybridized carbons (Fsp3) is 0.800. The number of carbonyl (C=O) groups is 1. The number of aliphatic hydroxyl groups excluding tert-OH is 3. The van der Waals surface area contributed by atoms with Crippen LogP contribution in [0.5, 0.6) is 0 Å². The molecule has 0 bridgehead atoms. The number of hydrogen-bond donors (Lipinski definition) is 3. The molecular formula is C15H26O5. The highest BCUT2D eigenvalue weighted by molar-refractivity contribution is 5.73. The van der Waals surface area contributed by atoms with Gasteiger partial charge in [-0.3, -0.25) is 4.79 Å². The largest absolute Gasteiger partial charge is 0.459 e. The molecule has 0 saturated carbocycles. The Kier molecular flexibility index (Phi) is 7.19. The molecule has 5 atom stereocenters. The molecule has 0 unspecified atom stereocenters. The molecule has 1 aliphatic rings. The van der Waals surface area contributed by atoms with Gasteiger partial charge in [-0.1, -0.05) is 12.2 Å². The van der Waals surface area contributed by atoms with Crippen LogP contribution in [0.25, 0.3) is 0 Å². The second-order valence-corrected chi connectivity index (χ2v) is 5.61. The number of rotatable bonds is 4. The molecule has 0 aromatic heterocycles. The monoisotopic (exact) mass is 286 g/mol. The van der Waals surface area contributed by atoms with Gasteiger partial charge in [0.2, 0.25) is 0 Å². The number of ether oxygens (including phenoxy) is 1. The zero-order valence-corrected chi connectivity index (χ0v) is 12.2. The summed E-state index contributed by atoms with van der Waals surface area (Å²) in [5.41, 5.74) is 0. The average molecular weight is 286 g/mol. The minimum atomic E-state index is -0.851. The number of carbonyl (C=O) groups excluding carboxylic acids is 1.